The predicted molar refractivity (Wildman–Crippen MR) is 99.5 cm³/mol. The number of carbonyl (C=O) groups excluding carboxylic acids is 1. The van der Waals surface area contributed by atoms with Crippen LogP contribution < -0.4 is 5.56 Å². The monoisotopic (exact) mass is 390 g/mol. The first kappa shape index (κ1) is 18.3. The molecular formula is C17H15ClN4O3S. The van der Waals surface area contributed by atoms with Gasteiger partial charge in [0.05, 0.1) is 18.9 Å². The van der Waals surface area contributed by atoms with Gasteiger partial charge in [0.1, 0.15) is 0 Å². The lowest BCUT2D eigenvalue weighted by Crippen LogP contribution is -2.25. The van der Waals surface area contributed by atoms with E-state index in [1.165, 1.54) is 17.0 Å². The van der Waals surface area contributed by atoms with Crippen LogP contribution in [0.4, 0.5) is 0 Å². The molecule has 7 nitrogen and oxygen atoms in total. The molecule has 0 saturated carbocycles. The normalized spacial score (nSPS) is 10.8. The number of ether oxygens (including phenoxy) is 1. The van der Waals surface area contributed by atoms with Gasteiger partial charge in [-0.25, -0.2) is 15.0 Å². The van der Waals surface area contributed by atoms with Crippen molar-refractivity contribution in [3.8, 4) is 0 Å². The predicted octanol–water partition coefficient (Wildman–Crippen LogP) is 2.54. The average Bonchev–Trinajstić information content (AvgIpc) is 2.64. The summed E-state index contributed by atoms with van der Waals surface area (Å²) in [5, 5.41) is 0.899. The molecule has 0 saturated heterocycles. The van der Waals surface area contributed by atoms with Gasteiger partial charge in [-0.1, -0.05) is 41.6 Å². The topological polar surface area (TPSA) is 87.0 Å². The maximum atomic E-state index is 12.9. The number of rotatable bonds is 6. The van der Waals surface area contributed by atoms with Crippen LogP contribution in [0.3, 0.4) is 0 Å². The molecule has 0 unspecified atom stereocenters. The van der Waals surface area contributed by atoms with Crippen molar-refractivity contribution < 1.29 is 9.53 Å². The van der Waals surface area contributed by atoms with Crippen molar-refractivity contribution in [1.29, 1.82) is 0 Å². The van der Waals surface area contributed by atoms with Crippen molar-refractivity contribution in [2.24, 2.45) is 0 Å². The van der Waals surface area contributed by atoms with Crippen LogP contribution in [-0.4, -0.2) is 37.8 Å². The first-order valence-electron chi connectivity index (χ1n) is 7.83. The summed E-state index contributed by atoms with van der Waals surface area (Å²) < 4.78 is 6.38. The lowest BCUT2D eigenvalue weighted by Gasteiger charge is -2.13. The van der Waals surface area contributed by atoms with E-state index in [-0.39, 0.29) is 35.0 Å². The molecule has 0 aliphatic heterocycles. The molecule has 1 aromatic carbocycles. The molecule has 2 aromatic heterocycles. The molecular weight excluding hydrogens is 376 g/mol. The molecule has 0 aliphatic carbocycles. The van der Waals surface area contributed by atoms with E-state index in [1.807, 2.05) is 18.2 Å². The van der Waals surface area contributed by atoms with E-state index in [2.05, 4.69) is 15.0 Å². The third-order valence-electron chi connectivity index (χ3n) is 3.47. The van der Waals surface area contributed by atoms with Gasteiger partial charge in [-0.15, -0.1) is 0 Å². The Morgan fingerprint density at radius 2 is 2.04 bits per heavy atom. The summed E-state index contributed by atoms with van der Waals surface area (Å²) in [6.07, 6.45) is 2.91. The van der Waals surface area contributed by atoms with Gasteiger partial charge in [-0.3, -0.25) is 14.2 Å². The van der Waals surface area contributed by atoms with Gasteiger partial charge in [0.2, 0.25) is 0 Å². The smallest absolute Gasteiger partial charge is 0.316 e. The quantitative estimate of drug-likeness (QED) is 0.363. The van der Waals surface area contributed by atoms with Crippen molar-refractivity contribution in [3.05, 3.63) is 57.6 Å². The maximum absolute atomic E-state index is 12.9. The molecule has 2 heterocycles. The van der Waals surface area contributed by atoms with E-state index in [4.69, 9.17) is 16.3 Å². The average molecular weight is 391 g/mol. The van der Waals surface area contributed by atoms with Crippen molar-refractivity contribution in [2.45, 2.75) is 18.6 Å². The maximum Gasteiger partial charge on any atom is 0.316 e. The fraction of sp³-hybridized carbons (Fsp3) is 0.235. The highest BCUT2D eigenvalue weighted by molar-refractivity contribution is 7.99. The molecule has 0 atom stereocenters. The van der Waals surface area contributed by atoms with Crippen LogP contribution in [0.2, 0.25) is 5.02 Å². The molecule has 0 amide bonds. The molecule has 3 rings (SSSR count). The number of benzene rings is 1. The minimum absolute atomic E-state index is 0.0363. The zero-order valence-corrected chi connectivity index (χ0v) is 15.5. The van der Waals surface area contributed by atoms with Crippen LogP contribution in [0.25, 0.3) is 11.2 Å². The number of fused-ring (bicyclic) bond motifs is 1. The molecule has 26 heavy (non-hydrogen) atoms. The van der Waals surface area contributed by atoms with Crippen molar-refractivity contribution >= 4 is 40.5 Å². The second-order valence-electron chi connectivity index (χ2n) is 5.20. The summed E-state index contributed by atoms with van der Waals surface area (Å²) in [6.45, 7) is 2.24. The summed E-state index contributed by atoms with van der Waals surface area (Å²) in [6, 6.07) is 7.23. The first-order chi connectivity index (χ1) is 12.6. The molecule has 0 radical (unpaired) electrons. The third kappa shape index (κ3) is 4.03. The van der Waals surface area contributed by atoms with E-state index in [1.54, 1.807) is 13.0 Å². The van der Waals surface area contributed by atoms with Gasteiger partial charge in [-0.2, -0.15) is 0 Å². The largest absolute Gasteiger partial charge is 0.465 e. The summed E-state index contributed by atoms with van der Waals surface area (Å²) in [5.74, 6) is -0.343. The summed E-state index contributed by atoms with van der Waals surface area (Å²) in [5.41, 5.74) is 0.827. The van der Waals surface area contributed by atoms with Gasteiger partial charge in [0.15, 0.2) is 16.3 Å². The molecule has 0 fully saturated rings. The van der Waals surface area contributed by atoms with E-state index in [9.17, 15) is 9.59 Å². The number of esters is 1. The van der Waals surface area contributed by atoms with Crippen LogP contribution in [0.1, 0.15) is 12.5 Å². The van der Waals surface area contributed by atoms with Crippen molar-refractivity contribution in [3.63, 3.8) is 0 Å². The fourth-order valence-corrected chi connectivity index (χ4v) is 3.28. The van der Waals surface area contributed by atoms with Crippen LogP contribution in [0.15, 0.2) is 46.6 Å². The van der Waals surface area contributed by atoms with Crippen molar-refractivity contribution in [1.82, 2.24) is 19.5 Å². The lowest BCUT2D eigenvalue weighted by atomic mass is 10.2. The Labute approximate surface area is 158 Å². The fourth-order valence-electron chi connectivity index (χ4n) is 2.30. The number of aromatic nitrogens is 4. The molecule has 0 bridgehead atoms. The second kappa shape index (κ2) is 8.29. The molecule has 9 heteroatoms. The summed E-state index contributed by atoms with van der Waals surface area (Å²) in [4.78, 5) is 37.1. The minimum atomic E-state index is -0.379. The van der Waals surface area contributed by atoms with Gasteiger partial charge in [0.25, 0.3) is 5.56 Å². The Balaban J connectivity index is 2.04. The molecule has 3 aromatic rings. The molecule has 134 valence electrons. The number of thioether (sulfide) groups is 1. The van der Waals surface area contributed by atoms with Gasteiger partial charge in [0, 0.05) is 17.4 Å². The number of carbonyl (C=O) groups is 1. The van der Waals surface area contributed by atoms with Gasteiger partial charge < -0.3 is 4.74 Å². The zero-order valence-electron chi connectivity index (χ0n) is 13.9. The zero-order chi connectivity index (χ0) is 18.5. The van der Waals surface area contributed by atoms with E-state index >= 15 is 0 Å². The Kier molecular flexibility index (Phi) is 5.85. The standard InChI is InChI=1S/C17H15ClN4O3S/c1-2-25-13(23)10-26-17-21-15-14(19-7-8-20-15)16(24)22(17)9-11-5-3-4-6-12(11)18/h3-8H,2,9-10H2,1H3. The molecule has 0 spiro atoms. The van der Waals surface area contributed by atoms with Crippen molar-refractivity contribution in [2.75, 3.05) is 12.4 Å². The lowest BCUT2D eigenvalue weighted by molar-refractivity contribution is -0.139. The highest BCUT2D eigenvalue weighted by Gasteiger charge is 2.16. The van der Waals surface area contributed by atoms with E-state index in [0.29, 0.717) is 16.8 Å². The van der Waals surface area contributed by atoms with Crippen LogP contribution in [-0.2, 0) is 16.1 Å². The number of hydrogen-bond donors (Lipinski definition) is 0. The minimum Gasteiger partial charge on any atom is -0.465 e. The highest BCUT2D eigenvalue weighted by Crippen LogP contribution is 2.21. The number of hydrogen-bond acceptors (Lipinski definition) is 7. The van der Waals surface area contributed by atoms with Crippen LogP contribution >= 0.6 is 23.4 Å². The summed E-state index contributed by atoms with van der Waals surface area (Å²) >= 11 is 7.34. The first-order valence-corrected chi connectivity index (χ1v) is 9.20. The van der Waals surface area contributed by atoms with Gasteiger partial charge >= 0.3 is 5.97 Å². The Morgan fingerprint density at radius 1 is 1.27 bits per heavy atom. The van der Waals surface area contributed by atoms with E-state index in [0.717, 1.165) is 17.3 Å². The number of nitrogens with zero attached hydrogens (tertiary/aromatic N) is 4. The Morgan fingerprint density at radius 3 is 2.81 bits per heavy atom. The number of halogens is 1. The third-order valence-corrected chi connectivity index (χ3v) is 4.79. The molecule has 0 N–H and O–H groups in total. The highest BCUT2D eigenvalue weighted by atomic mass is 35.5. The van der Waals surface area contributed by atoms with E-state index < -0.39 is 0 Å². The second-order valence-corrected chi connectivity index (χ2v) is 6.55. The SMILES string of the molecule is CCOC(=O)CSc1nc2nccnc2c(=O)n1Cc1ccccc1Cl. The Bertz CT molecular complexity index is 1010. The van der Waals surface area contributed by atoms with Gasteiger partial charge in [-0.05, 0) is 18.6 Å². The molecule has 0 aliphatic rings. The summed E-state index contributed by atoms with van der Waals surface area (Å²) in [7, 11) is 0. The Hall–Kier alpha value is -2.45. The van der Waals surface area contributed by atoms with Crippen LogP contribution in [0, 0.1) is 0 Å². The van der Waals surface area contributed by atoms with Crippen LogP contribution in [0.5, 0.6) is 0 Å².